The molecule has 0 aliphatic heterocycles. The fraction of sp³-hybridized carbons (Fsp3) is 0.769. The summed E-state index contributed by atoms with van der Waals surface area (Å²) in [6.45, 7) is 15.0. The van der Waals surface area contributed by atoms with Crippen molar-refractivity contribution in [2.45, 2.75) is 110 Å². The first-order valence-corrected chi connectivity index (χ1v) is 14.1. The third-order valence-corrected chi connectivity index (χ3v) is 7.01. The zero-order chi connectivity index (χ0) is 23.4. The molecule has 0 saturated carbocycles. The van der Waals surface area contributed by atoms with Gasteiger partial charge in [0.1, 0.15) is 10.1 Å². The SMILES string of the molecule is CCCCCC[N+](CC)(CCCCCC)CCCCCC.O=S(=O)([O-])c1ccccc1. The molecular formula is C26H49NO3S. The van der Waals surface area contributed by atoms with Crippen molar-refractivity contribution in [3.63, 3.8) is 0 Å². The minimum absolute atomic E-state index is 0.185. The number of hydrogen-bond acceptors (Lipinski definition) is 3. The van der Waals surface area contributed by atoms with E-state index in [1.807, 2.05) is 0 Å². The van der Waals surface area contributed by atoms with Crippen molar-refractivity contribution in [3.05, 3.63) is 30.3 Å². The fourth-order valence-electron chi connectivity index (χ4n) is 4.02. The van der Waals surface area contributed by atoms with Crippen molar-refractivity contribution >= 4 is 10.1 Å². The van der Waals surface area contributed by atoms with E-state index < -0.39 is 10.1 Å². The highest BCUT2D eigenvalue weighted by molar-refractivity contribution is 7.85. The van der Waals surface area contributed by atoms with Gasteiger partial charge in [0.15, 0.2) is 0 Å². The number of hydrogen-bond donors (Lipinski definition) is 0. The third kappa shape index (κ3) is 15.5. The Morgan fingerprint density at radius 1 is 0.645 bits per heavy atom. The number of unbranched alkanes of at least 4 members (excludes halogenated alkanes) is 9. The average Bonchev–Trinajstić information content (AvgIpc) is 2.77. The summed E-state index contributed by atoms with van der Waals surface area (Å²) in [5.41, 5.74) is 0. The highest BCUT2D eigenvalue weighted by atomic mass is 32.2. The minimum atomic E-state index is -4.25. The fourth-order valence-corrected chi connectivity index (χ4v) is 4.51. The van der Waals surface area contributed by atoms with Gasteiger partial charge in [-0.1, -0.05) is 77.5 Å². The Labute approximate surface area is 193 Å². The van der Waals surface area contributed by atoms with Gasteiger partial charge in [0, 0.05) is 0 Å². The molecule has 0 radical (unpaired) electrons. The molecule has 31 heavy (non-hydrogen) atoms. The smallest absolute Gasteiger partial charge is 0.124 e. The topological polar surface area (TPSA) is 57.2 Å². The Kier molecular flexibility index (Phi) is 18.1. The maximum Gasteiger partial charge on any atom is 0.124 e. The van der Waals surface area contributed by atoms with Crippen LogP contribution in [0.1, 0.15) is 105 Å². The molecule has 0 amide bonds. The molecule has 0 aromatic heterocycles. The van der Waals surface area contributed by atoms with Crippen molar-refractivity contribution in [2.75, 3.05) is 26.2 Å². The van der Waals surface area contributed by atoms with E-state index in [9.17, 15) is 13.0 Å². The van der Waals surface area contributed by atoms with Gasteiger partial charge in [-0.2, -0.15) is 0 Å². The van der Waals surface area contributed by atoms with E-state index in [-0.39, 0.29) is 4.90 Å². The van der Waals surface area contributed by atoms with Gasteiger partial charge in [-0.05, 0) is 57.6 Å². The van der Waals surface area contributed by atoms with Crippen LogP contribution in [-0.4, -0.2) is 43.6 Å². The second-order valence-electron chi connectivity index (χ2n) is 8.78. The minimum Gasteiger partial charge on any atom is -0.744 e. The molecule has 0 saturated heterocycles. The zero-order valence-electron chi connectivity index (χ0n) is 20.8. The van der Waals surface area contributed by atoms with Crippen LogP contribution >= 0.6 is 0 Å². The van der Waals surface area contributed by atoms with E-state index >= 15 is 0 Å². The van der Waals surface area contributed by atoms with Gasteiger partial charge >= 0.3 is 0 Å². The summed E-state index contributed by atoms with van der Waals surface area (Å²) < 4.78 is 32.2. The lowest BCUT2D eigenvalue weighted by molar-refractivity contribution is -0.927. The largest absolute Gasteiger partial charge is 0.744 e. The van der Waals surface area contributed by atoms with Crippen molar-refractivity contribution in [1.82, 2.24) is 0 Å². The second-order valence-corrected chi connectivity index (χ2v) is 10.2. The van der Waals surface area contributed by atoms with Gasteiger partial charge < -0.3 is 9.04 Å². The summed E-state index contributed by atoms with van der Waals surface area (Å²) in [6, 6.07) is 7.19. The van der Waals surface area contributed by atoms with Crippen LogP contribution in [0.4, 0.5) is 0 Å². The van der Waals surface area contributed by atoms with Crippen LogP contribution in [0.15, 0.2) is 35.2 Å². The van der Waals surface area contributed by atoms with Crippen LogP contribution in [0.2, 0.25) is 0 Å². The van der Waals surface area contributed by atoms with Gasteiger partial charge in [-0.25, -0.2) is 8.42 Å². The van der Waals surface area contributed by atoms with Gasteiger partial charge in [-0.15, -0.1) is 0 Å². The highest BCUT2D eigenvalue weighted by Crippen LogP contribution is 2.17. The monoisotopic (exact) mass is 455 g/mol. The second kappa shape index (κ2) is 18.6. The van der Waals surface area contributed by atoms with Gasteiger partial charge in [0.05, 0.1) is 31.1 Å². The molecule has 0 fully saturated rings. The molecule has 0 unspecified atom stereocenters. The predicted molar refractivity (Wildman–Crippen MR) is 132 cm³/mol. The average molecular weight is 456 g/mol. The molecule has 0 aliphatic carbocycles. The molecule has 1 aromatic rings. The normalized spacial score (nSPS) is 11.8. The van der Waals surface area contributed by atoms with E-state index in [4.69, 9.17) is 0 Å². The van der Waals surface area contributed by atoms with Crippen molar-refractivity contribution in [3.8, 4) is 0 Å². The first kappa shape index (κ1) is 30.1. The summed E-state index contributed by atoms with van der Waals surface area (Å²) in [4.78, 5) is -0.185. The number of quaternary nitrogens is 1. The Morgan fingerprint density at radius 2 is 1.03 bits per heavy atom. The molecule has 0 spiro atoms. The third-order valence-electron chi connectivity index (χ3n) is 6.16. The standard InChI is InChI=1S/C20H44N.C6H6O3S/c1-5-9-12-15-18-21(8-4,19-16-13-10-6-2)20-17-14-11-7-3;7-10(8,9)6-4-2-1-3-5-6/h5-20H2,1-4H3;1-5H,(H,7,8,9)/q+1;/p-1. The lowest BCUT2D eigenvalue weighted by Crippen LogP contribution is -2.50. The Morgan fingerprint density at radius 3 is 1.29 bits per heavy atom. The molecule has 0 heterocycles. The molecule has 0 N–H and O–H groups in total. The van der Waals surface area contributed by atoms with E-state index in [1.54, 1.807) is 6.07 Å². The number of nitrogens with zero attached hydrogens (tertiary/aromatic N) is 1. The summed E-state index contributed by atoms with van der Waals surface area (Å²) in [6.07, 6.45) is 17.0. The lowest BCUT2D eigenvalue weighted by Gasteiger charge is -2.38. The van der Waals surface area contributed by atoms with Crippen LogP contribution in [0, 0.1) is 0 Å². The molecule has 182 valence electrons. The molecule has 0 aliphatic rings. The van der Waals surface area contributed by atoms with Crippen LogP contribution < -0.4 is 0 Å². The van der Waals surface area contributed by atoms with Gasteiger partial charge in [0.25, 0.3) is 0 Å². The van der Waals surface area contributed by atoms with Crippen LogP contribution in [0.5, 0.6) is 0 Å². The first-order valence-electron chi connectivity index (χ1n) is 12.7. The molecule has 0 atom stereocenters. The quantitative estimate of drug-likeness (QED) is 0.142. The highest BCUT2D eigenvalue weighted by Gasteiger charge is 2.23. The van der Waals surface area contributed by atoms with Crippen LogP contribution in [0.25, 0.3) is 0 Å². The van der Waals surface area contributed by atoms with Crippen LogP contribution in [0.3, 0.4) is 0 Å². The number of rotatable bonds is 17. The van der Waals surface area contributed by atoms with Crippen molar-refractivity contribution in [1.29, 1.82) is 0 Å². The van der Waals surface area contributed by atoms with E-state index in [1.165, 1.54) is 132 Å². The molecule has 1 rings (SSSR count). The molecule has 4 nitrogen and oxygen atoms in total. The Bertz CT molecular complexity index is 586. The molecular weight excluding hydrogens is 406 g/mol. The molecule has 5 heteroatoms. The maximum absolute atomic E-state index is 10.3. The summed E-state index contributed by atoms with van der Waals surface area (Å²) in [5.74, 6) is 0. The maximum atomic E-state index is 10.3. The lowest BCUT2D eigenvalue weighted by atomic mass is 10.1. The van der Waals surface area contributed by atoms with E-state index in [2.05, 4.69) is 27.7 Å². The van der Waals surface area contributed by atoms with E-state index in [0.29, 0.717) is 0 Å². The van der Waals surface area contributed by atoms with E-state index in [0.717, 1.165) is 0 Å². The summed E-state index contributed by atoms with van der Waals surface area (Å²) in [7, 11) is -4.25. The molecule has 0 bridgehead atoms. The van der Waals surface area contributed by atoms with Crippen molar-refractivity contribution < 1.29 is 17.5 Å². The predicted octanol–water partition coefficient (Wildman–Crippen LogP) is 7.15. The summed E-state index contributed by atoms with van der Waals surface area (Å²) >= 11 is 0. The van der Waals surface area contributed by atoms with Gasteiger partial charge in [0.2, 0.25) is 0 Å². The molecule has 1 aromatic carbocycles. The van der Waals surface area contributed by atoms with Crippen LogP contribution in [-0.2, 0) is 10.1 Å². The van der Waals surface area contributed by atoms with Crippen molar-refractivity contribution in [2.24, 2.45) is 0 Å². The zero-order valence-corrected chi connectivity index (χ0v) is 21.6. The van der Waals surface area contributed by atoms with Gasteiger partial charge in [-0.3, -0.25) is 0 Å². The Hall–Kier alpha value is -0.910. The Balaban J connectivity index is 0.000000743. The summed E-state index contributed by atoms with van der Waals surface area (Å²) in [5, 5.41) is 0. The first-order chi connectivity index (χ1) is 14.8. The number of benzene rings is 1.